The smallest absolute Gasteiger partial charge is 0.0302 e. The lowest BCUT2D eigenvalue weighted by Gasteiger charge is -2.14. The number of allylic oxidation sites excluding steroid dienone is 2. The third-order valence-corrected chi connectivity index (χ3v) is 1.62. The molecule has 0 heteroatoms. The van der Waals surface area contributed by atoms with Gasteiger partial charge in [-0.25, -0.2) is 0 Å². The van der Waals surface area contributed by atoms with Gasteiger partial charge in [0.1, 0.15) is 0 Å². The molecule has 0 nitrogen and oxygen atoms in total. The molecular weight excluding hydrogens is 132 g/mol. The van der Waals surface area contributed by atoms with Crippen molar-refractivity contribution < 1.29 is 0 Å². The van der Waals surface area contributed by atoms with Crippen molar-refractivity contribution in [3.63, 3.8) is 0 Å². The summed E-state index contributed by atoms with van der Waals surface area (Å²) in [5.41, 5.74) is 0.461. The van der Waals surface area contributed by atoms with E-state index in [-0.39, 0.29) is 0 Å². The molecule has 0 aliphatic carbocycles. The highest BCUT2D eigenvalue weighted by atomic mass is 14.1. The van der Waals surface area contributed by atoms with Crippen molar-refractivity contribution in [2.45, 2.75) is 53.4 Å². The summed E-state index contributed by atoms with van der Waals surface area (Å²) in [4.78, 5) is 0. The van der Waals surface area contributed by atoms with Crippen LogP contribution in [0, 0.1) is 5.41 Å². The summed E-state index contributed by atoms with van der Waals surface area (Å²) in [6, 6.07) is 0. The standard InChI is InChI=1S/C11H22/c1-5-6-7-8-9-10-11(2,3)4/h8-9H,5-7,10H2,1-4H3/b9-8+. The number of hydrogen-bond donors (Lipinski definition) is 0. The first-order valence-corrected chi connectivity index (χ1v) is 4.71. The first-order valence-electron chi connectivity index (χ1n) is 4.71. The lowest BCUT2D eigenvalue weighted by atomic mass is 9.92. The second-order valence-electron chi connectivity index (χ2n) is 4.38. The van der Waals surface area contributed by atoms with Gasteiger partial charge in [-0.3, -0.25) is 0 Å². The zero-order valence-corrected chi connectivity index (χ0v) is 8.48. The Balaban J connectivity index is 3.30. The maximum absolute atomic E-state index is 2.32. The fourth-order valence-corrected chi connectivity index (χ4v) is 0.877. The fraction of sp³-hybridized carbons (Fsp3) is 0.818. The molecule has 0 bridgehead atoms. The fourth-order valence-electron chi connectivity index (χ4n) is 0.877. The van der Waals surface area contributed by atoms with Crippen molar-refractivity contribution in [1.29, 1.82) is 0 Å². The van der Waals surface area contributed by atoms with Crippen molar-refractivity contribution in [2.24, 2.45) is 5.41 Å². The van der Waals surface area contributed by atoms with Crippen molar-refractivity contribution in [3.05, 3.63) is 12.2 Å². The highest BCUT2D eigenvalue weighted by molar-refractivity contribution is 4.85. The largest absolute Gasteiger partial charge is 0.0885 e. The van der Waals surface area contributed by atoms with Crippen LogP contribution in [0.2, 0.25) is 0 Å². The molecule has 0 spiro atoms. The quantitative estimate of drug-likeness (QED) is 0.421. The monoisotopic (exact) mass is 154 g/mol. The minimum absolute atomic E-state index is 0.461. The lowest BCUT2D eigenvalue weighted by Crippen LogP contribution is -2.01. The Morgan fingerprint density at radius 2 is 1.73 bits per heavy atom. The van der Waals surface area contributed by atoms with Gasteiger partial charge in [-0.15, -0.1) is 0 Å². The molecule has 0 amide bonds. The van der Waals surface area contributed by atoms with Crippen LogP contribution in [-0.2, 0) is 0 Å². The number of rotatable bonds is 4. The van der Waals surface area contributed by atoms with E-state index < -0.39 is 0 Å². The number of hydrogen-bond acceptors (Lipinski definition) is 0. The van der Waals surface area contributed by atoms with Gasteiger partial charge in [0.25, 0.3) is 0 Å². The molecule has 0 aromatic heterocycles. The molecule has 0 fully saturated rings. The van der Waals surface area contributed by atoms with Crippen LogP contribution in [-0.4, -0.2) is 0 Å². The Bertz CT molecular complexity index is 104. The van der Waals surface area contributed by atoms with Crippen LogP contribution in [0.25, 0.3) is 0 Å². The van der Waals surface area contributed by atoms with E-state index in [2.05, 4.69) is 39.8 Å². The maximum Gasteiger partial charge on any atom is -0.0302 e. The van der Waals surface area contributed by atoms with Crippen LogP contribution < -0.4 is 0 Å². The third kappa shape index (κ3) is 9.74. The topological polar surface area (TPSA) is 0 Å². The zero-order chi connectivity index (χ0) is 8.74. The minimum Gasteiger partial charge on any atom is -0.0885 e. The van der Waals surface area contributed by atoms with Gasteiger partial charge < -0.3 is 0 Å². The van der Waals surface area contributed by atoms with E-state index in [0.29, 0.717) is 5.41 Å². The van der Waals surface area contributed by atoms with Crippen LogP contribution >= 0.6 is 0 Å². The van der Waals surface area contributed by atoms with Gasteiger partial charge in [0.2, 0.25) is 0 Å². The summed E-state index contributed by atoms with van der Waals surface area (Å²) in [6.07, 6.45) is 9.73. The molecule has 66 valence electrons. The second-order valence-corrected chi connectivity index (χ2v) is 4.38. The Morgan fingerprint density at radius 3 is 2.18 bits per heavy atom. The minimum atomic E-state index is 0.461. The molecule has 0 unspecified atom stereocenters. The van der Waals surface area contributed by atoms with Crippen LogP contribution in [0.3, 0.4) is 0 Å². The van der Waals surface area contributed by atoms with Gasteiger partial charge in [0, 0.05) is 0 Å². The first kappa shape index (κ1) is 10.7. The van der Waals surface area contributed by atoms with Gasteiger partial charge in [-0.2, -0.15) is 0 Å². The highest BCUT2D eigenvalue weighted by Gasteiger charge is 2.05. The molecule has 0 aliphatic rings. The average Bonchev–Trinajstić information content (AvgIpc) is 1.85. The van der Waals surface area contributed by atoms with E-state index in [0.717, 1.165) is 0 Å². The summed E-state index contributed by atoms with van der Waals surface area (Å²) in [5.74, 6) is 0. The third-order valence-electron chi connectivity index (χ3n) is 1.62. The van der Waals surface area contributed by atoms with Gasteiger partial charge in [0.15, 0.2) is 0 Å². The molecule has 0 heterocycles. The molecule has 0 radical (unpaired) electrons. The van der Waals surface area contributed by atoms with Gasteiger partial charge in [-0.1, -0.05) is 52.7 Å². The molecule has 0 aromatic rings. The van der Waals surface area contributed by atoms with E-state index >= 15 is 0 Å². The Hall–Kier alpha value is -0.260. The Morgan fingerprint density at radius 1 is 1.09 bits per heavy atom. The van der Waals surface area contributed by atoms with E-state index in [4.69, 9.17) is 0 Å². The first-order chi connectivity index (χ1) is 5.06. The molecule has 0 saturated heterocycles. The van der Waals surface area contributed by atoms with Crippen molar-refractivity contribution in [3.8, 4) is 0 Å². The van der Waals surface area contributed by atoms with Gasteiger partial charge in [0.05, 0.1) is 0 Å². The van der Waals surface area contributed by atoms with E-state index in [1.807, 2.05) is 0 Å². The highest BCUT2D eigenvalue weighted by Crippen LogP contribution is 2.18. The number of unbranched alkanes of at least 4 members (excludes halogenated alkanes) is 2. The Labute approximate surface area is 71.7 Å². The van der Waals surface area contributed by atoms with Crippen molar-refractivity contribution >= 4 is 0 Å². The predicted octanol–water partition coefficient (Wildman–Crippen LogP) is 4.17. The molecule has 0 rings (SSSR count). The van der Waals surface area contributed by atoms with Crippen molar-refractivity contribution in [1.82, 2.24) is 0 Å². The average molecular weight is 154 g/mol. The van der Waals surface area contributed by atoms with Gasteiger partial charge >= 0.3 is 0 Å². The normalized spacial score (nSPS) is 12.7. The van der Waals surface area contributed by atoms with Crippen LogP contribution in [0.1, 0.15) is 53.4 Å². The summed E-state index contributed by atoms with van der Waals surface area (Å²) in [6.45, 7) is 9.06. The molecule has 0 atom stereocenters. The molecule has 0 N–H and O–H groups in total. The zero-order valence-electron chi connectivity index (χ0n) is 8.48. The SMILES string of the molecule is CCCC/C=C/CC(C)(C)C. The molecule has 0 aliphatic heterocycles. The van der Waals surface area contributed by atoms with Gasteiger partial charge in [-0.05, 0) is 18.3 Å². The van der Waals surface area contributed by atoms with Crippen LogP contribution in [0.4, 0.5) is 0 Å². The second kappa shape index (κ2) is 5.40. The maximum atomic E-state index is 2.32. The summed E-state index contributed by atoms with van der Waals surface area (Å²) < 4.78 is 0. The summed E-state index contributed by atoms with van der Waals surface area (Å²) >= 11 is 0. The van der Waals surface area contributed by atoms with E-state index in [1.165, 1.54) is 25.7 Å². The van der Waals surface area contributed by atoms with Crippen molar-refractivity contribution in [2.75, 3.05) is 0 Å². The molecule has 0 aromatic carbocycles. The van der Waals surface area contributed by atoms with Crippen LogP contribution in [0.5, 0.6) is 0 Å². The predicted molar refractivity (Wildman–Crippen MR) is 52.7 cm³/mol. The molecular formula is C11H22. The summed E-state index contributed by atoms with van der Waals surface area (Å²) in [5, 5.41) is 0. The van der Waals surface area contributed by atoms with Crippen LogP contribution in [0.15, 0.2) is 12.2 Å². The lowest BCUT2D eigenvalue weighted by molar-refractivity contribution is 0.420. The van der Waals surface area contributed by atoms with E-state index in [1.54, 1.807) is 0 Å². The molecule has 0 saturated carbocycles. The van der Waals surface area contributed by atoms with E-state index in [9.17, 15) is 0 Å². The summed E-state index contributed by atoms with van der Waals surface area (Å²) in [7, 11) is 0. The Kier molecular flexibility index (Phi) is 5.27. The molecule has 11 heavy (non-hydrogen) atoms.